The van der Waals surface area contributed by atoms with Crippen molar-refractivity contribution in [2.45, 2.75) is 38.5 Å². The summed E-state index contributed by atoms with van der Waals surface area (Å²) < 4.78 is 5.07. The van der Waals surface area contributed by atoms with Crippen LogP contribution in [0.15, 0.2) is 24.3 Å². The van der Waals surface area contributed by atoms with Crippen LogP contribution in [0, 0.1) is 5.41 Å². The second-order valence-electron chi connectivity index (χ2n) is 5.95. The molecule has 1 amide bonds. The van der Waals surface area contributed by atoms with Crippen LogP contribution in [0.5, 0.6) is 5.75 Å². The Morgan fingerprint density at radius 2 is 1.82 bits per heavy atom. The maximum absolute atomic E-state index is 12.0. The van der Waals surface area contributed by atoms with Gasteiger partial charge in [-0.2, -0.15) is 0 Å². The van der Waals surface area contributed by atoms with E-state index in [4.69, 9.17) is 4.74 Å². The van der Waals surface area contributed by atoms with Crippen molar-refractivity contribution < 1.29 is 19.4 Å². The van der Waals surface area contributed by atoms with Crippen LogP contribution < -0.4 is 10.1 Å². The first-order chi connectivity index (χ1) is 10.6. The lowest BCUT2D eigenvalue weighted by Gasteiger charge is -2.33. The van der Waals surface area contributed by atoms with E-state index in [-0.39, 0.29) is 18.9 Å². The van der Waals surface area contributed by atoms with Gasteiger partial charge in [-0.05, 0) is 30.5 Å². The fraction of sp³-hybridized carbons (Fsp3) is 0.529. The lowest BCUT2D eigenvalue weighted by atomic mass is 9.74. The van der Waals surface area contributed by atoms with E-state index in [1.807, 2.05) is 24.3 Å². The minimum Gasteiger partial charge on any atom is -0.497 e. The van der Waals surface area contributed by atoms with Crippen LogP contribution in [0.2, 0.25) is 0 Å². The Morgan fingerprint density at radius 1 is 1.18 bits per heavy atom. The molecule has 1 aliphatic carbocycles. The Hall–Kier alpha value is -2.04. The van der Waals surface area contributed by atoms with E-state index in [2.05, 4.69) is 5.32 Å². The van der Waals surface area contributed by atoms with Gasteiger partial charge in [-0.25, -0.2) is 0 Å². The molecule has 5 nitrogen and oxygen atoms in total. The molecule has 5 heteroatoms. The number of rotatable bonds is 6. The second-order valence-corrected chi connectivity index (χ2v) is 5.95. The standard InChI is InChI=1S/C17H23NO4/c1-22-14-7-5-13(6-8-14)11-15(19)18-12-17(16(20)21)9-3-2-4-10-17/h5-8H,2-4,9-12H2,1H3,(H,18,19)(H,20,21). The summed E-state index contributed by atoms with van der Waals surface area (Å²) in [7, 11) is 1.59. The number of methoxy groups -OCH3 is 1. The van der Waals surface area contributed by atoms with Crippen molar-refractivity contribution in [2.24, 2.45) is 5.41 Å². The lowest BCUT2D eigenvalue weighted by Crippen LogP contribution is -2.44. The highest BCUT2D eigenvalue weighted by molar-refractivity contribution is 5.80. The predicted octanol–water partition coefficient (Wildman–Crippen LogP) is 2.39. The Labute approximate surface area is 130 Å². The summed E-state index contributed by atoms with van der Waals surface area (Å²) in [5.74, 6) is -0.190. The molecule has 0 atom stereocenters. The largest absolute Gasteiger partial charge is 0.497 e. The summed E-state index contributed by atoms with van der Waals surface area (Å²) in [6.45, 7) is 0.220. The zero-order chi connectivity index (χ0) is 16.0. The number of benzene rings is 1. The minimum absolute atomic E-state index is 0.142. The van der Waals surface area contributed by atoms with Crippen molar-refractivity contribution in [3.05, 3.63) is 29.8 Å². The van der Waals surface area contributed by atoms with Crippen LogP contribution in [0.25, 0.3) is 0 Å². The van der Waals surface area contributed by atoms with Gasteiger partial charge in [-0.1, -0.05) is 31.4 Å². The molecule has 1 aliphatic rings. The molecule has 1 aromatic carbocycles. The van der Waals surface area contributed by atoms with Crippen molar-refractivity contribution in [1.82, 2.24) is 5.32 Å². The molecule has 0 unspecified atom stereocenters. The van der Waals surface area contributed by atoms with Crippen molar-refractivity contribution in [3.63, 3.8) is 0 Å². The number of aliphatic carboxylic acids is 1. The van der Waals surface area contributed by atoms with Crippen molar-refractivity contribution in [3.8, 4) is 5.75 Å². The first-order valence-electron chi connectivity index (χ1n) is 7.69. The third kappa shape index (κ3) is 4.00. The van der Waals surface area contributed by atoms with Crippen LogP contribution in [0.4, 0.5) is 0 Å². The summed E-state index contributed by atoms with van der Waals surface area (Å²) in [5.41, 5.74) is 0.0969. The smallest absolute Gasteiger partial charge is 0.311 e. The normalized spacial score (nSPS) is 16.8. The van der Waals surface area contributed by atoms with Crippen molar-refractivity contribution in [2.75, 3.05) is 13.7 Å². The number of hydrogen-bond donors (Lipinski definition) is 2. The summed E-state index contributed by atoms with van der Waals surface area (Å²) in [6, 6.07) is 7.29. The van der Waals surface area contributed by atoms with E-state index in [1.165, 1.54) is 0 Å². The molecule has 2 rings (SSSR count). The molecular formula is C17H23NO4. The number of ether oxygens (including phenoxy) is 1. The summed E-state index contributed by atoms with van der Waals surface area (Å²) in [4.78, 5) is 23.6. The van der Waals surface area contributed by atoms with Gasteiger partial charge < -0.3 is 15.2 Å². The van der Waals surface area contributed by atoms with Gasteiger partial charge in [0, 0.05) is 6.54 Å². The molecule has 0 bridgehead atoms. The van der Waals surface area contributed by atoms with Gasteiger partial charge >= 0.3 is 5.97 Å². The number of carboxylic acids is 1. The van der Waals surface area contributed by atoms with E-state index >= 15 is 0 Å². The maximum atomic E-state index is 12.0. The zero-order valence-corrected chi connectivity index (χ0v) is 12.9. The first-order valence-corrected chi connectivity index (χ1v) is 7.69. The van der Waals surface area contributed by atoms with Gasteiger partial charge in [0.05, 0.1) is 18.9 Å². The molecule has 0 aromatic heterocycles. The highest BCUT2D eigenvalue weighted by Crippen LogP contribution is 2.36. The third-order valence-corrected chi connectivity index (χ3v) is 4.41. The van der Waals surface area contributed by atoms with E-state index in [1.54, 1.807) is 7.11 Å². The summed E-state index contributed by atoms with van der Waals surface area (Å²) >= 11 is 0. The average molecular weight is 305 g/mol. The Kier molecular flexibility index (Phi) is 5.41. The number of carboxylic acid groups (broad SMARTS) is 1. The van der Waals surface area contributed by atoms with E-state index in [0.717, 1.165) is 30.6 Å². The third-order valence-electron chi connectivity index (χ3n) is 4.41. The van der Waals surface area contributed by atoms with Crippen LogP contribution in [-0.4, -0.2) is 30.6 Å². The minimum atomic E-state index is -0.794. The Morgan fingerprint density at radius 3 is 2.36 bits per heavy atom. The topological polar surface area (TPSA) is 75.6 Å². The van der Waals surface area contributed by atoms with Crippen LogP contribution in [-0.2, 0) is 16.0 Å². The van der Waals surface area contributed by atoms with E-state index in [0.29, 0.717) is 12.8 Å². The maximum Gasteiger partial charge on any atom is 0.311 e. The Bertz CT molecular complexity index is 518. The molecule has 0 aliphatic heterocycles. The molecule has 1 aromatic rings. The van der Waals surface area contributed by atoms with Crippen LogP contribution in [0.1, 0.15) is 37.7 Å². The van der Waals surface area contributed by atoms with Gasteiger partial charge in [-0.15, -0.1) is 0 Å². The van der Waals surface area contributed by atoms with Gasteiger partial charge in [0.2, 0.25) is 5.91 Å². The molecule has 2 N–H and O–H groups in total. The van der Waals surface area contributed by atoms with E-state index < -0.39 is 11.4 Å². The average Bonchev–Trinajstić information content (AvgIpc) is 2.54. The highest BCUT2D eigenvalue weighted by atomic mass is 16.5. The first kappa shape index (κ1) is 16.3. The summed E-state index contributed by atoms with van der Waals surface area (Å²) in [6.07, 6.45) is 4.45. The second kappa shape index (κ2) is 7.29. The zero-order valence-electron chi connectivity index (χ0n) is 12.9. The lowest BCUT2D eigenvalue weighted by molar-refractivity contribution is -0.151. The Balaban J connectivity index is 1.89. The number of amides is 1. The molecular weight excluding hydrogens is 282 g/mol. The van der Waals surface area contributed by atoms with Gasteiger partial charge in [-0.3, -0.25) is 9.59 Å². The van der Waals surface area contributed by atoms with Crippen molar-refractivity contribution >= 4 is 11.9 Å². The van der Waals surface area contributed by atoms with Gasteiger partial charge in [0.1, 0.15) is 5.75 Å². The fourth-order valence-electron chi connectivity index (χ4n) is 2.95. The molecule has 0 saturated heterocycles. The molecule has 1 saturated carbocycles. The molecule has 0 heterocycles. The number of carbonyl (C=O) groups is 2. The molecule has 1 fully saturated rings. The van der Waals surface area contributed by atoms with Crippen LogP contribution >= 0.6 is 0 Å². The van der Waals surface area contributed by atoms with Crippen molar-refractivity contribution in [1.29, 1.82) is 0 Å². The molecule has 22 heavy (non-hydrogen) atoms. The van der Waals surface area contributed by atoms with E-state index in [9.17, 15) is 14.7 Å². The van der Waals surface area contributed by atoms with Crippen LogP contribution in [0.3, 0.4) is 0 Å². The number of nitrogens with one attached hydrogen (secondary N) is 1. The molecule has 0 radical (unpaired) electrons. The number of hydrogen-bond acceptors (Lipinski definition) is 3. The number of carbonyl (C=O) groups excluding carboxylic acids is 1. The molecule has 0 spiro atoms. The fourth-order valence-corrected chi connectivity index (χ4v) is 2.95. The predicted molar refractivity (Wildman–Crippen MR) is 82.9 cm³/mol. The molecule has 120 valence electrons. The summed E-state index contributed by atoms with van der Waals surface area (Å²) in [5, 5.41) is 12.3. The monoisotopic (exact) mass is 305 g/mol. The van der Waals surface area contributed by atoms with Gasteiger partial charge in [0.15, 0.2) is 0 Å². The highest BCUT2D eigenvalue weighted by Gasteiger charge is 2.39. The quantitative estimate of drug-likeness (QED) is 0.846. The SMILES string of the molecule is COc1ccc(CC(=O)NCC2(C(=O)O)CCCCC2)cc1. The van der Waals surface area contributed by atoms with Gasteiger partial charge in [0.25, 0.3) is 0 Å².